The number of hydrogen-bond acceptors (Lipinski definition) is 3. The fraction of sp³-hybridized carbons (Fsp3) is 0.0156. The largest absolute Gasteiger partial charge is 0.308 e. The van der Waals surface area contributed by atoms with Crippen molar-refractivity contribution in [3.8, 4) is 95.5 Å². The van der Waals surface area contributed by atoms with Crippen LogP contribution in [0.4, 0.5) is 0 Å². The summed E-state index contributed by atoms with van der Waals surface area (Å²) in [5.74, 6) is 1.85. The normalized spacial score (nSPS) is 11.8. The Morgan fingerprint density at radius 3 is 1.29 bits per heavy atom. The van der Waals surface area contributed by atoms with Gasteiger partial charge in [0.15, 0.2) is 17.5 Å². The lowest BCUT2D eigenvalue weighted by Crippen LogP contribution is -2.04. The Labute approximate surface area is 395 Å². The van der Waals surface area contributed by atoms with Gasteiger partial charge < -0.3 is 4.57 Å². The van der Waals surface area contributed by atoms with E-state index in [1.807, 2.05) is 24.3 Å². The summed E-state index contributed by atoms with van der Waals surface area (Å²) in [5.41, 5.74) is 20.8. The summed E-state index contributed by atoms with van der Waals surface area (Å²) in [6.45, 7) is 0. The fourth-order valence-electron chi connectivity index (χ4n) is 10.4. The third-order valence-corrected chi connectivity index (χ3v) is 13.5. The minimum absolute atomic E-state index is 0.605. The van der Waals surface area contributed by atoms with Crippen molar-refractivity contribution in [2.45, 2.75) is 6.42 Å². The van der Waals surface area contributed by atoms with Crippen molar-refractivity contribution in [1.29, 1.82) is 0 Å². The molecule has 318 valence electrons. The van der Waals surface area contributed by atoms with E-state index in [2.05, 4.69) is 223 Å². The van der Waals surface area contributed by atoms with Crippen molar-refractivity contribution in [3.63, 3.8) is 0 Å². The zero-order chi connectivity index (χ0) is 45.0. The molecule has 12 aromatic rings. The molecule has 0 atom stereocenters. The third-order valence-electron chi connectivity index (χ3n) is 13.5. The Hall–Kier alpha value is -8.99. The molecule has 1 aliphatic carbocycles. The van der Waals surface area contributed by atoms with E-state index in [4.69, 9.17) is 15.0 Å². The molecule has 2 heterocycles. The van der Waals surface area contributed by atoms with Crippen molar-refractivity contribution in [3.05, 3.63) is 254 Å². The SMILES string of the molecule is c1ccc(-c2ccc(-c3nc(-c4ccccc4)nc(-c4cc(-c5ccccc5)c(-n5c6ccccc6c6c7c(ccc65)-c5cccc(-c6ccccc6)c5C7)c(-c5ccccc5)c4)n3)cc2)cc1. The summed E-state index contributed by atoms with van der Waals surface area (Å²) in [6, 6.07) is 86.6. The van der Waals surface area contributed by atoms with Crippen LogP contribution >= 0.6 is 0 Å². The first-order chi connectivity index (χ1) is 33.7. The van der Waals surface area contributed by atoms with Crippen molar-refractivity contribution < 1.29 is 0 Å². The first kappa shape index (κ1) is 39.4. The Morgan fingerprint density at radius 2 is 0.706 bits per heavy atom. The van der Waals surface area contributed by atoms with Crippen LogP contribution in [0.1, 0.15) is 11.1 Å². The fourth-order valence-corrected chi connectivity index (χ4v) is 10.4. The lowest BCUT2D eigenvalue weighted by Gasteiger charge is -2.21. The van der Waals surface area contributed by atoms with E-state index in [-0.39, 0.29) is 0 Å². The standard InChI is InChI=1S/C64H42N4/c1-6-19-42(20-7-1)43-33-35-48(36-34-43)63-65-62(47-27-14-5-15-28-47)66-64(67-63)49-39-54(45-23-10-3-11-24-45)61(55(40-49)46-25-12-4-13-26-46)68-58-32-17-16-29-53(58)60-57-41-56-50(44-21-8-2-9-22-44)30-18-31-51(56)52(57)37-38-59(60)68/h1-40H,41H2. The van der Waals surface area contributed by atoms with Gasteiger partial charge >= 0.3 is 0 Å². The van der Waals surface area contributed by atoms with E-state index in [1.165, 1.54) is 49.7 Å². The Bertz CT molecular complexity index is 3770. The van der Waals surface area contributed by atoms with Crippen LogP contribution in [0.2, 0.25) is 0 Å². The minimum atomic E-state index is 0.605. The molecule has 10 aromatic carbocycles. The zero-order valence-corrected chi connectivity index (χ0v) is 37.1. The van der Waals surface area contributed by atoms with Crippen LogP contribution in [0.15, 0.2) is 243 Å². The molecular formula is C64H42N4. The van der Waals surface area contributed by atoms with E-state index in [9.17, 15) is 0 Å². The van der Waals surface area contributed by atoms with E-state index >= 15 is 0 Å². The Balaban J connectivity index is 1.06. The van der Waals surface area contributed by atoms with Crippen molar-refractivity contribution in [1.82, 2.24) is 19.5 Å². The van der Waals surface area contributed by atoms with Crippen LogP contribution in [0.25, 0.3) is 117 Å². The molecule has 0 radical (unpaired) electrons. The van der Waals surface area contributed by atoms with Gasteiger partial charge in [-0.15, -0.1) is 0 Å². The molecule has 68 heavy (non-hydrogen) atoms. The molecule has 0 fully saturated rings. The lowest BCUT2D eigenvalue weighted by atomic mass is 9.92. The smallest absolute Gasteiger partial charge is 0.164 e. The monoisotopic (exact) mass is 866 g/mol. The number of aromatic nitrogens is 4. The number of fused-ring (bicyclic) bond motifs is 7. The van der Waals surface area contributed by atoms with E-state index in [0.29, 0.717) is 17.5 Å². The van der Waals surface area contributed by atoms with Crippen molar-refractivity contribution in [2.75, 3.05) is 0 Å². The molecule has 0 saturated carbocycles. The molecule has 0 aliphatic heterocycles. The Kier molecular flexibility index (Phi) is 9.54. The average molecular weight is 867 g/mol. The summed E-state index contributed by atoms with van der Waals surface area (Å²) in [5, 5.41) is 2.53. The second kappa shape index (κ2) is 16.5. The van der Waals surface area contributed by atoms with Gasteiger partial charge in [-0.2, -0.15) is 0 Å². The van der Waals surface area contributed by atoms with Crippen LogP contribution in [0, 0.1) is 0 Å². The summed E-state index contributed by atoms with van der Waals surface area (Å²) in [4.78, 5) is 15.7. The molecule has 4 heteroatoms. The average Bonchev–Trinajstić information content (AvgIpc) is 3.98. The topological polar surface area (TPSA) is 43.6 Å². The molecule has 0 N–H and O–H groups in total. The van der Waals surface area contributed by atoms with Gasteiger partial charge in [-0.25, -0.2) is 15.0 Å². The van der Waals surface area contributed by atoms with E-state index in [1.54, 1.807) is 0 Å². The number of para-hydroxylation sites is 1. The van der Waals surface area contributed by atoms with Gasteiger partial charge in [0.1, 0.15) is 0 Å². The predicted molar refractivity (Wildman–Crippen MR) is 280 cm³/mol. The maximum Gasteiger partial charge on any atom is 0.164 e. The van der Waals surface area contributed by atoms with Crippen LogP contribution in [0.3, 0.4) is 0 Å². The van der Waals surface area contributed by atoms with Crippen LogP contribution in [-0.4, -0.2) is 19.5 Å². The molecule has 0 unspecified atom stereocenters. The highest BCUT2D eigenvalue weighted by Gasteiger charge is 2.28. The maximum absolute atomic E-state index is 5.32. The van der Waals surface area contributed by atoms with Gasteiger partial charge in [0.05, 0.1) is 16.7 Å². The molecule has 13 rings (SSSR count). The quantitative estimate of drug-likeness (QED) is 0.153. The first-order valence-corrected chi connectivity index (χ1v) is 23.2. The molecule has 4 nitrogen and oxygen atoms in total. The van der Waals surface area contributed by atoms with Gasteiger partial charge in [-0.1, -0.05) is 218 Å². The molecule has 0 amide bonds. The number of rotatable bonds is 8. The second-order valence-electron chi connectivity index (χ2n) is 17.5. The van der Waals surface area contributed by atoms with Crippen molar-refractivity contribution >= 4 is 21.8 Å². The van der Waals surface area contributed by atoms with E-state index in [0.717, 1.165) is 67.7 Å². The van der Waals surface area contributed by atoms with Crippen LogP contribution < -0.4 is 0 Å². The summed E-state index contributed by atoms with van der Waals surface area (Å²) in [7, 11) is 0. The third kappa shape index (κ3) is 6.73. The van der Waals surface area contributed by atoms with Gasteiger partial charge in [0.25, 0.3) is 0 Å². The highest BCUT2D eigenvalue weighted by molar-refractivity contribution is 6.15. The minimum Gasteiger partial charge on any atom is -0.308 e. The molecule has 2 aromatic heterocycles. The summed E-state index contributed by atoms with van der Waals surface area (Å²) < 4.78 is 2.52. The highest BCUT2D eigenvalue weighted by atomic mass is 15.0. The highest BCUT2D eigenvalue weighted by Crippen LogP contribution is 2.49. The van der Waals surface area contributed by atoms with E-state index < -0.39 is 0 Å². The maximum atomic E-state index is 5.32. The molecule has 0 saturated heterocycles. The Morgan fingerprint density at radius 1 is 0.279 bits per heavy atom. The summed E-state index contributed by atoms with van der Waals surface area (Å²) in [6.07, 6.45) is 0.859. The van der Waals surface area contributed by atoms with Crippen molar-refractivity contribution in [2.24, 2.45) is 0 Å². The van der Waals surface area contributed by atoms with Gasteiger partial charge in [-0.3, -0.25) is 0 Å². The van der Waals surface area contributed by atoms with Crippen LogP contribution in [0.5, 0.6) is 0 Å². The number of hydrogen-bond donors (Lipinski definition) is 0. The molecule has 1 aliphatic rings. The first-order valence-electron chi connectivity index (χ1n) is 23.2. The molecular weight excluding hydrogens is 825 g/mol. The van der Waals surface area contributed by atoms with Gasteiger partial charge in [0, 0.05) is 38.6 Å². The molecule has 0 spiro atoms. The predicted octanol–water partition coefficient (Wildman–Crippen LogP) is 16.2. The summed E-state index contributed by atoms with van der Waals surface area (Å²) >= 11 is 0. The van der Waals surface area contributed by atoms with Crippen LogP contribution in [-0.2, 0) is 6.42 Å². The number of nitrogens with zero attached hydrogens (tertiary/aromatic N) is 4. The lowest BCUT2D eigenvalue weighted by molar-refractivity contribution is 1.07. The zero-order valence-electron chi connectivity index (χ0n) is 37.1. The number of benzene rings is 10. The molecule has 0 bridgehead atoms. The van der Waals surface area contributed by atoms with Gasteiger partial charge in [0.2, 0.25) is 0 Å². The van der Waals surface area contributed by atoms with Gasteiger partial charge in [-0.05, 0) is 86.3 Å². The second-order valence-corrected chi connectivity index (χ2v) is 17.5.